The third-order valence-corrected chi connectivity index (χ3v) is 4.58. The minimum Gasteiger partial charge on any atom is -0.493 e. The summed E-state index contributed by atoms with van der Waals surface area (Å²) in [6, 6.07) is 11.5. The van der Waals surface area contributed by atoms with Crippen molar-refractivity contribution in [3.63, 3.8) is 0 Å². The van der Waals surface area contributed by atoms with Crippen LogP contribution in [0.4, 0.5) is 8.78 Å². The third kappa shape index (κ3) is 4.89. The number of hydrogen-bond donors (Lipinski definition) is 1. The summed E-state index contributed by atoms with van der Waals surface area (Å²) >= 11 is 0. The van der Waals surface area contributed by atoms with E-state index in [1.165, 1.54) is 49.6 Å². The molecule has 0 saturated carbocycles. The Kier molecular flexibility index (Phi) is 5.90. The maximum Gasteiger partial charge on any atom is 0.387 e. The molecular formula is C16H14F2N2O4S. The van der Waals surface area contributed by atoms with Crippen molar-refractivity contribution in [2.45, 2.75) is 18.1 Å². The van der Waals surface area contributed by atoms with Gasteiger partial charge in [0.15, 0.2) is 11.5 Å². The second-order valence-corrected chi connectivity index (χ2v) is 6.59. The Morgan fingerprint density at radius 3 is 2.60 bits per heavy atom. The molecule has 9 heteroatoms. The molecule has 0 saturated heterocycles. The van der Waals surface area contributed by atoms with Crippen molar-refractivity contribution in [3.05, 3.63) is 53.6 Å². The van der Waals surface area contributed by atoms with Gasteiger partial charge >= 0.3 is 6.61 Å². The SMILES string of the molecule is COc1cc(CNS(=O)(=O)c2cccc(C#N)c2)ccc1OC(F)F. The Balaban J connectivity index is 2.16. The van der Waals surface area contributed by atoms with Crippen LogP contribution in [0, 0.1) is 11.3 Å². The lowest BCUT2D eigenvalue weighted by Crippen LogP contribution is -2.23. The lowest BCUT2D eigenvalue weighted by Gasteiger charge is -2.12. The van der Waals surface area contributed by atoms with Crippen LogP contribution in [0.5, 0.6) is 11.5 Å². The van der Waals surface area contributed by atoms with Gasteiger partial charge in [-0.2, -0.15) is 14.0 Å². The molecule has 0 heterocycles. The Morgan fingerprint density at radius 1 is 1.20 bits per heavy atom. The van der Waals surface area contributed by atoms with E-state index in [4.69, 9.17) is 10.00 Å². The van der Waals surface area contributed by atoms with E-state index in [0.717, 1.165) is 0 Å². The molecule has 2 rings (SSSR count). The normalized spacial score (nSPS) is 11.2. The van der Waals surface area contributed by atoms with Crippen molar-refractivity contribution in [1.29, 1.82) is 5.26 Å². The number of alkyl halides is 2. The molecule has 0 aliphatic heterocycles. The molecule has 6 nitrogen and oxygen atoms in total. The summed E-state index contributed by atoms with van der Waals surface area (Å²) in [5, 5.41) is 8.84. The van der Waals surface area contributed by atoms with Gasteiger partial charge in [-0.25, -0.2) is 13.1 Å². The lowest BCUT2D eigenvalue weighted by atomic mass is 10.2. The standard InChI is InChI=1S/C16H14F2N2O4S/c1-23-15-8-12(5-6-14(15)24-16(17)18)10-20-25(21,22)13-4-2-3-11(7-13)9-19/h2-8,16,20H,10H2,1H3. The molecular weight excluding hydrogens is 354 g/mol. The maximum absolute atomic E-state index is 12.3. The highest BCUT2D eigenvalue weighted by molar-refractivity contribution is 7.89. The van der Waals surface area contributed by atoms with Crippen LogP contribution in [-0.2, 0) is 16.6 Å². The first-order valence-corrected chi connectivity index (χ1v) is 8.45. The van der Waals surface area contributed by atoms with Gasteiger partial charge in [0.25, 0.3) is 0 Å². The number of halogens is 2. The topological polar surface area (TPSA) is 88.4 Å². The highest BCUT2D eigenvalue weighted by Gasteiger charge is 2.16. The van der Waals surface area contributed by atoms with E-state index in [0.29, 0.717) is 5.56 Å². The molecule has 0 spiro atoms. The Hall–Kier alpha value is -2.70. The number of ether oxygens (including phenoxy) is 2. The summed E-state index contributed by atoms with van der Waals surface area (Å²) in [7, 11) is -2.55. The molecule has 0 radical (unpaired) electrons. The van der Waals surface area contributed by atoms with Crippen molar-refractivity contribution >= 4 is 10.0 Å². The van der Waals surface area contributed by atoms with Crippen LogP contribution in [0.2, 0.25) is 0 Å². The average Bonchev–Trinajstić information content (AvgIpc) is 2.60. The van der Waals surface area contributed by atoms with Gasteiger partial charge in [0, 0.05) is 6.54 Å². The van der Waals surface area contributed by atoms with Gasteiger partial charge in [-0.1, -0.05) is 12.1 Å². The van der Waals surface area contributed by atoms with E-state index in [9.17, 15) is 17.2 Å². The van der Waals surface area contributed by atoms with Crippen molar-refractivity contribution in [2.75, 3.05) is 7.11 Å². The van der Waals surface area contributed by atoms with E-state index in [1.54, 1.807) is 0 Å². The average molecular weight is 368 g/mol. The summed E-state index contributed by atoms with van der Waals surface area (Å²) in [5.41, 5.74) is 0.705. The zero-order valence-corrected chi connectivity index (χ0v) is 13.9. The molecule has 2 aromatic carbocycles. The molecule has 0 unspecified atom stereocenters. The highest BCUT2D eigenvalue weighted by Crippen LogP contribution is 2.29. The van der Waals surface area contributed by atoms with Crippen LogP contribution >= 0.6 is 0 Å². The van der Waals surface area contributed by atoms with Crippen molar-refractivity contribution in [3.8, 4) is 17.6 Å². The van der Waals surface area contributed by atoms with Crippen LogP contribution in [-0.4, -0.2) is 22.1 Å². The fourth-order valence-electron chi connectivity index (χ4n) is 2.01. The van der Waals surface area contributed by atoms with Crippen LogP contribution in [0.3, 0.4) is 0 Å². The Labute approximate surface area is 143 Å². The number of nitrogens with zero attached hydrogens (tertiary/aromatic N) is 1. The van der Waals surface area contributed by atoms with E-state index in [-0.39, 0.29) is 28.5 Å². The predicted molar refractivity (Wildman–Crippen MR) is 84.8 cm³/mol. The Bertz CT molecular complexity index is 895. The van der Waals surface area contributed by atoms with Gasteiger partial charge in [0.2, 0.25) is 10.0 Å². The zero-order valence-electron chi connectivity index (χ0n) is 13.1. The predicted octanol–water partition coefficient (Wildman–Crippen LogP) is 2.65. The molecule has 1 N–H and O–H groups in total. The number of nitriles is 1. The van der Waals surface area contributed by atoms with E-state index in [1.807, 2.05) is 6.07 Å². The van der Waals surface area contributed by atoms with Crippen LogP contribution in [0.25, 0.3) is 0 Å². The fourth-order valence-corrected chi connectivity index (χ4v) is 3.07. The summed E-state index contributed by atoms with van der Waals surface area (Å²) < 4.78 is 60.8. The first kappa shape index (κ1) is 18.6. The number of sulfonamides is 1. The summed E-state index contributed by atoms with van der Waals surface area (Å²) in [6.07, 6.45) is 0. The maximum atomic E-state index is 12.3. The van der Waals surface area contributed by atoms with Crippen molar-refractivity contribution in [1.82, 2.24) is 4.72 Å². The molecule has 2 aromatic rings. The van der Waals surface area contributed by atoms with Gasteiger partial charge < -0.3 is 9.47 Å². The van der Waals surface area contributed by atoms with Gasteiger partial charge in [-0.05, 0) is 35.9 Å². The van der Waals surface area contributed by atoms with E-state index >= 15 is 0 Å². The van der Waals surface area contributed by atoms with E-state index < -0.39 is 16.6 Å². The number of hydrogen-bond acceptors (Lipinski definition) is 5. The molecule has 0 aliphatic carbocycles. The minimum absolute atomic E-state index is 0.0452. The quantitative estimate of drug-likeness (QED) is 0.812. The third-order valence-electron chi connectivity index (χ3n) is 3.18. The number of rotatable bonds is 7. The monoisotopic (exact) mass is 368 g/mol. The van der Waals surface area contributed by atoms with Crippen molar-refractivity contribution < 1.29 is 26.7 Å². The number of nitrogens with one attached hydrogen (secondary N) is 1. The van der Waals surface area contributed by atoms with Gasteiger partial charge in [0.05, 0.1) is 23.6 Å². The molecule has 0 atom stereocenters. The number of benzene rings is 2. The van der Waals surface area contributed by atoms with Crippen molar-refractivity contribution in [2.24, 2.45) is 0 Å². The van der Waals surface area contributed by atoms with Gasteiger partial charge in [0.1, 0.15) is 0 Å². The van der Waals surface area contributed by atoms with Crippen LogP contribution < -0.4 is 14.2 Å². The first-order chi connectivity index (χ1) is 11.9. The van der Waals surface area contributed by atoms with Gasteiger partial charge in [-0.15, -0.1) is 0 Å². The molecule has 0 aromatic heterocycles. The largest absolute Gasteiger partial charge is 0.493 e. The summed E-state index contributed by atoms with van der Waals surface area (Å²) in [5.74, 6) is -0.0886. The molecule has 0 amide bonds. The molecule has 0 aliphatic rings. The number of methoxy groups -OCH3 is 1. The minimum atomic E-state index is -3.83. The second-order valence-electron chi connectivity index (χ2n) is 4.83. The Morgan fingerprint density at radius 2 is 1.96 bits per heavy atom. The second kappa shape index (κ2) is 7.92. The zero-order chi connectivity index (χ0) is 18.4. The van der Waals surface area contributed by atoms with Gasteiger partial charge in [-0.3, -0.25) is 0 Å². The van der Waals surface area contributed by atoms with Crippen LogP contribution in [0.1, 0.15) is 11.1 Å². The molecule has 0 fully saturated rings. The summed E-state index contributed by atoms with van der Waals surface area (Å²) in [6.45, 7) is -3.09. The molecule has 0 bridgehead atoms. The van der Waals surface area contributed by atoms with Crippen LogP contribution in [0.15, 0.2) is 47.4 Å². The molecule has 25 heavy (non-hydrogen) atoms. The summed E-state index contributed by atoms with van der Waals surface area (Å²) in [4.78, 5) is -0.0452. The lowest BCUT2D eigenvalue weighted by molar-refractivity contribution is -0.0512. The molecule has 132 valence electrons. The highest BCUT2D eigenvalue weighted by atomic mass is 32.2. The fraction of sp³-hybridized carbons (Fsp3) is 0.188. The van der Waals surface area contributed by atoms with E-state index in [2.05, 4.69) is 9.46 Å². The first-order valence-electron chi connectivity index (χ1n) is 6.97. The smallest absolute Gasteiger partial charge is 0.387 e.